The van der Waals surface area contributed by atoms with Crippen LogP contribution < -0.4 is 10.1 Å². The van der Waals surface area contributed by atoms with Gasteiger partial charge in [0.1, 0.15) is 5.75 Å². The van der Waals surface area contributed by atoms with Gasteiger partial charge in [0.2, 0.25) is 0 Å². The average molecular weight is 574 g/mol. The van der Waals surface area contributed by atoms with E-state index in [2.05, 4.69) is 19.7 Å². The highest BCUT2D eigenvalue weighted by molar-refractivity contribution is 5.93. The Kier molecular flexibility index (Phi) is 16.3. The maximum Gasteiger partial charge on any atom is 0.352 e. The number of carbonyl (C=O) groups excluding carboxylic acids is 4. The summed E-state index contributed by atoms with van der Waals surface area (Å²) < 4.78 is 20.1. The molecule has 0 aliphatic heterocycles. The van der Waals surface area contributed by atoms with E-state index in [1.165, 1.54) is 31.2 Å². The van der Waals surface area contributed by atoms with Crippen LogP contribution >= 0.6 is 0 Å². The number of ether oxygens (including phenoxy) is 4. The van der Waals surface area contributed by atoms with Crippen LogP contribution in [0.25, 0.3) is 0 Å². The first-order valence-electron chi connectivity index (χ1n) is 12.2. The number of hydrogen-bond donors (Lipinski definition) is 1. The lowest BCUT2D eigenvalue weighted by atomic mass is 10.2. The van der Waals surface area contributed by atoms with E-state index in [0.717, 1.165) is 6.42 Å². The number of amides is 1. The van der Waals surface area contributed by atoms with E-state index < -0.39 is 53.3 Å². The molecule has 0 saturated heterocycles. The van der Waals surface area contributed by atoms with Crippen LogP contribution in [0.2, 0.25) is 0 Å². The Labute approximate surface area is 228 Å². The van der Waals surface area contributed by atoms with Gasteiger partial charge in [0.25, 0.3) is 16.1 Å². The van der Waals surface area contributed by atoms with Crippen LogP contribution in [0.5, 0.6) is 5.75 Å². The van der Waals surface area contributed by atoms with Crippen molar-refractivity contribution in [3.05, 3.63) is 44.5 Å². The molecule has 0 bridgehead atoms. The minimum Gasteiger partial charge on any atom is -0.454 e. The van der Waals surface area contributed by atoms with Crippen molar-refractivity contribution in [2.75, 3.05) is 38.4 Å². The molecule has 0 aliphatic rings. The minimum absolute atomic E-state index is 0.0353. The van der Waals surface area contributed by atoms with Crippen molar-refractivity contribution in [1.82, 2.24) is 0 Å². The van der Waals surface area contributed by atoms with Crippen molar-refractivity contribution in [2.24, 2.45) is 0 Å². The van der Waals surface area contributed by atoms with Gasteiger partial charge in [-0.05, 0) is 56.9 Å². The number of rotatable bonds is 21. The summed E-state index contributed by atoms with van der Waals surface area (Å²) in [6, 6.07) is 5.57. The van der Waals surface area contributed by atoms with E-state index in [9.17, 15) is 39.4 Å². The van der Waals surface area contributed by atoms with Crippen LogP contribution in [-0.2, 0) is 43.1 Å². The van der Waals surface area contributed by atoms with Crippen LogP contribution in [0.4, 0.5) is 5.69 Å². The average Bonchev–Trinajstić information content (AvgIpc) is 2.90. The number of unbranched alkanes of at least 4 members (excludes halogenated alkanes) is 3. The zero-order chi connectivity index (χ0) is 29.8. The molecule has 17 heteroatoms. The summed E-state index contributed by atoms with van der Waals surface area (Å²) in [5.41, 5.74) is 0.287. The summed E-state index contributed by atoms with van der Waals surface area (Å²) in [5, 5.41) is 20.4. The quantitative estimate of drug-likeness (QED) is 0.0728. The normalized spacial score (nSPS) is 11.0. The third kappa shape index (κ3) is 17.1. The maximum absolute atomic E-state index is 12.2. The third-order valence-electron chi connectivity index (χ3n) is 4.70. The van der Waals surface area contributed by atoms with E-state index >= 15 is 0 Å². The van der Waals surface area contributed by atoms with Gasteiger partial charge in [-0.3, -0.25) is 9.59 Å². The molecule has 0 aromatic heterocycles. The van der Waals surface area contributed by atoms with Crippen molar-refractivity contribution in [1.29, 1.82) is 0 Å². The standard InChI is InChI=1S/C23H31N3O14/c1-17(39-21(28)7-3-2-4-12-35-13-5-6-14-37-25(31)32)23(30)40-19-10-8-18(9-11-19)24-20(27)15-36-22(29)16-38-26(33)34/h8-11,17H,2-7,12-16H2,1H3,(H,24,27). The largest absolute Gasteiger partial charge is 0.454 e. The summed E-state index contributed by atoms with van der Waals surface area (Å²) in [7, 11) is 0. The SMILES string of the molecule is CC(OC(=O)CCCCCOCCCCO[N+](=O)[O-])C(=O)Oc1ccc(NC(=O)COC(=O)CO[N+](=O)[O-])cc1. The number of anilines is 1. The van der Waals surface area contributed by atoms with Crippen molar-refractivity contribution >= 4 is 29.5 Å². The molecule has 1 unspecified atom stereocenters. The zero-order valence-corrected chi connectivity index (χ0v) is 21.8. The van der Waals surface area contributed by atoms with Gasteiger partial charge in [0, 0.05) is 25.3 Å². The van der Waals surface area contributed by atoms with Crippen molar-refractivity contribution < 1.29 is 58.0 Å². The van der Waals surface area contributed by atoms with Gasteiger partial charge in [-0.25, -0.2) is 9.59 Å². The van der Waals surface area contributed by atoms with E-state index in [-0.39, 0.29) is 24.5 Å². The molecule has 17 nitrogen and oxygen atoms in total. The molecule has 1 N–H and O–H groups in total. The van der Waals surface area contributed by atoms with Crippen LogP contribution in [0.1, 0.15) is 45.4 Å². The molecular weight excluding hydrogens is 542 g/mol. The Morgan fingerprint density at radius 3 is 2.10 bits per heavy atom. The molecule has 222 valence electrons. The first kappa shape index (κ1) is 33.5. The fourth-order valence-electron chi connectivity index (χ4n) is 2.80. The number of esters is 3. The monoisotopic (exact) mass is 573 g/mol. The van der Waals surface area contributed by atoms with Gasteiger partial charge in [-0.1, -0.05) is 6.42 Å². The lowest BCUT2D eigenvalue weighted by Gasteiger charge is -2.13. The molecule has 0 heterocycles. The van der Waals surface area contributed by atoms with Gasteiger partial charge in [-0.2, -0.15) is 0 Å². The third-order valence-corrected chi connectivity index (χ3v) is 4.70. The highest BCUT2D eigenvalue weighted by Crippen LogP contribution is 2.17. The van der Waals surface area contributed by atoms with E-state index in [1.807, 2.05) is 0 Å². The highest BCUT2D eigenvalue weighted by atomic mass is 17.0. The Bertz CT molecular complexity index is 986. The maximum atomic E-state index is 12.2. The molecule has 0 radical (unpaired) electrons. The fourth-order valence-corrected chi connectivity index (χ4v) is 2.80. The molecule has 0 fully saturated rings. The molecule has 0 saturated carbocycles. The predicted molar refractivity (Wildman–Crippen MR) is 132 cm³/mol. The lowest BCUT2D eigenvalue weighted by molar-refractivity contribution is -0.757. The van der Waals surface area contributed by atoms with Crippen LogP contribution in [0, 0.1) is 20.2 Å². The molecule has 0 spiro atoms. The zero-order valence-electron chi connectivity index (χ0n) is 21.8. The summed E-state index contributed by atoms with van der Waals surface area (Å²) in [4.78, 5) is 75.2. The summed E-state index contributed by atoms with van der Waals surface area (Å²) in [6.07, 6.45) is 2.09. The van der Waals surface area contributed by atoms with Gasteiger partial charge >= 0.3 is 17.9 Å². The second-order valence-electron chi connectivity index (χ2n) is 7.97. The molecule has 40 heavy (non-hydrogen) atoms. The Hall–Kier alpha value is -4.54. The Balaban J connectivity index is 2.19. The van der Waals surface area contributed by atoms with Crippen molar-refractivity contribution in [3.63, 3.8) is 0 Å². The van der Waals surface area contributed by atoms with Crippen LogP contribution in [-0.4, -0.2) is 73.1 Å². The summed E-state index contributed by atoms with van der Waals surface area (Å²) >= 11 is 0. The van der Waals surface area contributed by atoms with Crippen molar-refractivity contribution in [3.8, 4) is 5.75 Å². The second-order valence-corrected chi connectivity index (χ2v) is 7.97. The minimum atomic E-state index is -1.17. The first-order valence-corrected chi connectivity index (χ1v) is 12.2. The van der Waals surface area contributed by atoms with Crippen LogP contribution in [0.3, 0.4) is 0 Å². The Morgan fingerprint density at radius 2 is 1.45 bits per heavy atom. The van der Waals surface area contributed by atoms with Crippen LogP contribution in [0.15, 0.2) is 24.3 Å². The predicted octanol–water partition coefficient (Wildman–Crippen LogP) is 1.78. The summed E-state index contributed by atoms with van der Waals surface area (Å²) in [5.74, 6) is -3.04. The van der Waals surface area contributed by atoms with E-state index in [4.69, 9.17) is 14.2 Å². The topological polar surface area (TPSA) is 222 Å². The van der Waals surface area contributed by atoms with E-state index in [1.54, 1.807) is 0 Å². The second kappa shape index (κ2) is 19.5. The molecule has 0 aliphatic carbocycles. The number of nitrogens with one attached hydrogen (secondary N) is 1. The van der Waals surface area contributed by atoms with Gasteiger partial charge in [-0.15, -0.1) is 20.2 Å². The van der Waals surface area contributed by atoms with Gasteiger partial charge in [0.05, 0.1) is 6.61 Å². The molecular formula is C23H31N3O14. The number of hydrogen-bond acceptors (Lipinski definition) is 14. The first-order chi connectivity index (χ1) is 19.1. The number of nitrogens with zero attached hydrogens (tertiary/aromatic N) is 2. The molecule has 1 rings (SSSR count). The fraction of sp³-hybridized carbons (Fsp3) is 0.565. The Morgan fingerprint density at radius 1 is 0.825 bits per heavy atom. The van der Waals surface area contributed by atoms with Gasteiger partial charge < -0.3 is 33.9 Å². The molecule has 1 aromatic rings. The lowest BCUT2D eigenvalue weighted by Crippen LogP contribution is -2.28. The smallest absolute Gasteiger partial charge is 0.352 e. The number of carbonyl (C=O) groups is 4. The van der Waals surface area contributed by atoms with Gasteiger partial charge in [0.15, 0.2) is 19.3 Å². The van der Waals surface area contributed by atoms with E-state index in [0.29, 0.717) is 38.9 Å². The summed E-state index contributed by atoms with van der Waals surface area (Å²) in [6.45, 7) is 0.720. The molecule has 1 atom stereocenters. The number of benzene rings is 1. The highest BCUT2D eigenvalue weighted by Gasteiger charge is 2.20. The molecule has 1 amide bonds. The molecule has 1 aromatic carbocycles. The van der Waals surface area contributed by atoms with Crippen molar-refractivity contribution in [2.45, 2.75) is 51.6 Å².